The molecule has 0 bridgehead atoms. The van der Waals surface area contributed by atoms with Crippen molar-refractivity contribution in [3.8, 4) is 0 Å². The number of nitrogens with one attached hydrogen (secondary N) is 1. The van der Waals surface area contributed by atoms with Gasteiger partial charge in [-0.05, 0) is 13.0 Å². The summed E-state index contributed by atoms with van der Waals surface area (Å²) in [5.74, 6) is 2.10. The molecule has 2 aromatic rings. The molecule has 0 aliphatic heterocycles. The second-order valence-corrected chi connectivity index (χ2v) is 4.10. The minimum atomic E-state index is 0.770. The third-order valence-electron chi connectivity index (χ3n) is 2.74. The molecule has 0 atom stereocenters. The van der Waals surface area contributed by atoms with Crippen molar-refractivity contribution in [3.63, 3.8) is 0 Å². The van der Waals surface area contributed by atoms with Crippen molar-refractivity contribution in [2.24, 2.45) is 7.05 Å². The van der Waals surface area contributed by atoms with Crippen LogP contribution >= 0.6 is 0 Å². The van der Waals surface area contributed by atoms with Gasteiger partial charge in [-0.3, -0.25) is 0 Å². The topological polar surface area (TPSA) is 47.7 Å². The smallest absolute Gasteiger partial charge is 0.128 e. The minimum absolute atomic E-state index is 0.770. The van der Waals surface area contributed by atoms with E-state index in [1.807, 2.05) is 36.4 Å². The SMILES string of the molecule is CCCNCc1nccn1Cc1nccn1C. The van der Waals surface area contributed by atoms with E-state index in [0.29, 0.717) is 0 Å². The molecule has 17 heavy (non-hydrogen) atoms. The molecule has 5 nitrogen and oxygen atoms in total. The Hall–Kier alpha value is -1.62. The molecule has 0 spiro atoms. The van der Waals surface area contributed by atoms with Crippen molar-refractivity contribution in [1.82, 2.24) is 24.4 Å². The van der Waals surface area contributed by atoms with Crippen molar-refractivity contribution in [2.75, 3.05) is 6.54 Å². The van der Waals surface area contributed by atoms with Crippen molar-refractivity contribution >= 4 is 0 Å². The number of hydrogen-bond acceptors (Lipinski definition) is 3. The van der Waals surface area contributed by atoms with Crippen LogP contribution in [0.1, 0.15) is 25.0 Å². The molecule has 0 aliphatic carbocycles. The maximum absolute atomic E-state index is 4.36. The van der Waals surface area contributed by atoms with E-state index in [0.717, 1.165) is 37.7 Å². The summed E-state index contributed by atoms with van der Waals surface area (Å²) in [5.41, 5.74) is 0. The van der Waals surface area contributed by atoms with E-state index in [2.05, 4.69) is 26.8 Å². The molecule has 0 radical (unpaired) electrons. The first kappa shape index (κ1) is 11.9. The van der Waals surface area contributed by atoms with Gasteiger partial charge in [-0.15, -0.1) is 0 Å². The third kappa shape index (κ3) is 2.94. The van der Waals surface area contributed by atoms with Crippen LogP contribution in [0.4, 0.5) is 0 Å². The van der Waals surface area contributed by atoms with Crippen molar-refractivity contribution < 1.29 is 0 Å². The van der Waals surface area contributed by atoms with Crippen LogP contribution in [0.2, 0.25) is 0 Å². The summed E-state index contributed by atoms with van der Waals surface area (Å²) in [7, 11) is 2.01. The Bertz CT molecular complexity index is 457. The lowest BCUT2D eigenvalue weighted by Crippen LogP contribution is -2.18. The monoisotopic (exact) mass is 233 g/mol. The number of rotatable bonds is 6. The van der Waals surface area contributed by atoms with Crippen LogP contribution in [-0.4, -0.2) is 25.6 Å². The summed E-state index contributed by atoms with van der Waals surface area (Å²) in [4.78, 5) is 8.68. The van der Waals surface area contributed by atoms with Crippen molar-refractivity contribution in [3.05, 3.63) is 36.4 Å². The molecule has 0 saturated carbocycles. The summed E-state index contributed by atoms with van der Waals surface area (Å²) in [6, 6.07) is 0. The molecule has 0 saturated heterocycles. The molecule has 5 heteroatoms. The summed E-state index contributed by atoms with van der Waals surface area (Å²) in [6.07, 6.45) is 8.76. The molecule has 2 aromatic heterocycles. The molecule has 0 aromatic carbocycles. The normalized spacial score (nSPS) is 10.9. The molecule has 0 amide bonds. The van der Waals surface area contributed by atoms with Gasteiger partial charge in [0.1, 0.15) is 11.6 Å². The standard InChI is InChI=1S/C12H19N5/c1-3-4-13-9-11-14-6-8-17(11)10-12-15-5-7-16(12)2/h5-8,13H,3-4,9-10H2,1-2H3. The van der Waals surface area contributed by atoms with Crippen LogP contribution in [0.15, 0.2) is 24.8 Å². The zero-order chi connectivity index (χ0) is 12.1. The number of aromatic nitrogens is 4. The Morgan fingerprint density at radius 1 is 1.18 bits per heavy atom. The second-order valence-electron chi connectivity index (χ2n) is 4.10. The van der Waals surface area contributed by atoms with Gasteiger partial charge in [-0.2, -0.15) is 0 Å². The maximum Gasteiger partial charge on any atom is 0.128 e. The van der Waals surface area contributed by atoms with Gasteiger partial charge in [0, 0.05) is 31.8 Å². The van der Waals surface area contributed by atoms with Gasteiger partial charge in [0.05, 0.1) is 13.1 Å². The largest absolute Gasteiger partial charge is 0.337 e. The highest BCUT2D eigenvalue weighted by Gasteiger charge is 2.05. The molecule has 0 unspecified atom stereocenters. The van der Waals surface area contributed by atoms with Gasteiger partial charge in [-0.1, -0.05) is 6.92 Å². The van der Waals surface area contributed by atoms with E-state index in [1.54, 1.807) is 0 Å². The lowest BCUT2D eigenvalue weighted by Gasteiger charge is -2.08. The molecule has 0 fully saturated rings. The van der Waals surface area contributed by atoms with Crippen LogP contribution in [0, 0.1) is 0 Å². The average molecular weight is 233 g/mol. The lowest BCUT2D eigenvalue weighted by atomic mass is 10.4. The minimum Gasteiger partial charge on any atom is -0.337 e. The molecule has 2 rings (SSSR count). The number of aryl methyl sites for hydroxylation is 1. The first-order chi connectivity index (χ1) is 8.31. The predicted octanol–water partition coefficient (Wildman–Crippen LogP) is 1.16. The maximum atomic E-state index is 4.36. The summed E-state index contributed by atoms with van der Waals surface area (Å²) >= 11 is 0. The summed E-state index contributed by atoms with van der Waals surface area (Å²) in [5, 5.41) is 3.36. The highest BCUT2D eigenvalue weighted by atomic mass is 15.1. The number of hydrogen-bond donors (Lipinski definition) is 1. The average Bonchev–Trinajstić information content (AvgIpc) is 2.91. The molecule has 92 valence electrons. The molecule has 2 heterocycles. The number of imidazole rings is 2. The summed E-state index contributed by atoms with van der Waals surface area (Å²) < 4.78 is 4.16. The first-order valence-corrected chi connectivity index (χ1v) is 5.98. The Morgan fingerprint density at radius 3 is 2.65 bits per heavy atom. The molecular formula is C12H19N5. The van der Waals surface area contributed by atoms with Crippen LogP contribution in [-0.2, 0) is 20.1 Å². The predicted molar refractivity (Wildman–Crippen MR) is 66.5 cm³/mol. The van der Waals surface area contributed by atoms with Crippen LogP contribution in [0.25, 0.3) is 0 Å². The number of nitrogens with zero attached hydrogens (tertiary/aromatic N) is 4. The quantitative estimate of drug-likeness (QED) is 0.762. The first-order valence-electron chi connectivity index (χ1n) is 5.98. The molecular weight excluding hydrogens is 214 g/mol. The van der Waals surface area contributed by atoms with Crippen LogP contribution in [0.3, 0.4) is 0 Å². The van der Waals surface area contributed by atoms with Gasteiger partial charge in [-0.25, -0.2) is 9.97 Å². The van der Waals surface area contributed by atoms with E-state index in [1.165, 1.54) is 0 Å². The fourth-order valence-corrected chi connectivity index (χ4v) is 1.73. The van der Waals surface area contributed by atoms with Gasteiger partial charge < -0.3 is 14.5 Å². The zero-order valence-corrected chi connectivity index (χ0v) is 10.4. The lowest BCUT2D eigenvalue weighted by molar-refractivity contribution is 0.600. The van der Waals surface area contributed by atoms with Crippen LogP contribution in [0.5, 0.6) is 0 Å². The zero-order valence-electron chi connectivity index (χ0n) is 10.4. The summed E-state index contributed by atoms with van der Waals surface area (Å²) in [6.45, 7) is 4.76. The Morgan fingerprint density at radius 2 is 1.94 bits per heavy atom. The van der Waals surface area contributed by atoms with Gasteiger partial charge in [0.25, 0.3) is 0 Å². The highest BCUT2D eigenvalue weighted by Crippen LogP contribution is 2.03. The molecule has 1 N–H and O–H groups in total. The van der Waals surface area contributed by atoms with Gasteiger partial charge in [0.2, 0.25) is 0 Å². The van der Waals surface area contributed by atoms with E-state index in [-0.39, 0.29) is 0 Å². The van der Waals surface area contributed by atoms with E-state index < -0.39 is 0 Å². The Kier molecular flexibility index (Phi) is 3.93. The Balaban J connectivity index is 2.01. The molecule has 0 aliphatic rings. The van der Waals surface area contributed by atoms with Crippen molar-refractivity contribution in [1.29, 1.82) is 0 Å². The van der Waals surface area contributed by atoms with Crippen LogP contribution < -0.4 is 5.32 Å². The van der Waals surface area contributed by atoms with Gasteiger partial charge in [0.15, 0.2) is 0 Å². The second kappa shape index (κ2) is 5.63. The Labute approximate surface area is 102 Å². The van der Waals surface area contributed by atoms with E-state index in [4.69, 9.17) is 0 Å². The van der Waals surface area contributed by atoms with Crippen molar-refractivity contribution in [2.45, 2.75) is 26.4 Å². The van der Waals surface area contributed by atoms with E-state index in [9.17, 15) is 0 Å². The third-order valence-corrected chi connectivity index (χ3v) is 2.74. The fourth-order valence-electron chi connectivity index (χ4n) is 1.73. The van der Waals surface area contributed by atoms with E-state index >= 15 is 0 Å². The highest BCUT2D eigenvalue weighted by molar-refractivity contribution is 4.98. The fraction of sp³-hybridized carbons (Fsp3) is 0.500. The van der Waals surface area contributed by atoms with Gasteiger partial charge >= 0.3 is 0 Å².